The molecule has 2 nitrogen and oxygen atoms in total. The average molecular weight is 438 g/mol. The number of rotatable bonds is 9. The van der Waals surface area contributed by atoms with Crippen molar-refractivity contribution in [2.45, 2.75) is 51.3 Å². The molecule has 31 heavy (non-hydrogen) atoms. The number of nitrogens with zero attached hydrogens (tertiary/aromatic N) is 1. The fourth-order valence-corrected chi connectivity index (χ4v) is 4.46. The predicted molar refractivity (Wildman–Crippen MR) is 114 cm³/mol. The van der Waals surface area contributed by atoms with Gasteiger partial charge in [0.2, 0.25) is 0 Å². The molecule has 0 spiro atoms. The first-order chi connectivity index (χ1) is 14.9. The highest BCUT2D eigenvalue weighted by Crippen LogP contribution is 2.35. The molecule has 0 aliphatic carbocycles. The molecule has 1 saturated heterocycles. The van der Waals surface area contributed by atoms with Crippen molar-refractivity contribution in [3.63, 3.8) is 0 Å². The van der Waals surface area contributed by atoms with Crippen LogP contribution in [0, 0.1) is 11.7 Å². The zero-order chi connectivity index (χ0) is 22.3. The summed E-state index contributed by atoms with van der Waals surface area (Å²) in [6.07, 6.45) is 0.0389. The van der Waals surface area contributed by atoms with Crippen LogP contribution in [0.5, 0.6) is 0 Å². The maximum atomic E-state index is 13.4. The highest BCUT2D eigenvalue weighted by molar-refractivity contribution is 5.29. The molecule has 6 heteroatoms. The van der Waals surface area contributed by atoms with Gasteiger partial charge < -0.3 is 9.64 Å². The van der Waals surface area contributed by atoms with Crippen molar-refractivity contribution in [2.75, 3.05) is 26.2 Å². The second-order valence-electron chi connectivity index (χ2n) is 8.38. The molecule has 0 saturated carbocycles. The Morgan fingerprint density at radius 3 is 2.48 bits per heavy atom. The van der Waals surface area contributed by atoms with E-state index in [0.717, 1.165) is 50.5 Å². The third-order valence-corrected chi connectivity index (χ3v) is 6.11. The van der Waals surface area contributed by atoms with Crippen LogP contribution < -0.4 is 0 Å². The van der Waals surface area contributed by atoms with Gasteiger partial charge in [0, 0.05) is 12.5 Å². The Morgan fingerprint density at radius 2 is 1.77 bits per heavy atom. The van der Waals surface area contributed by atoms with Crippen LogP contribution in [0.4, 0.5) is 17.6 Å². The van der Waals surface area contributed by atoms with Crippen LogP contribution in [0.15, 0.2) is 48.5 Å². The molecule has 2 aromatic carbocycles. The van der Waals surface area contributed by atoms with E-state index < -0.39 is 11.7 Å². The molecule has 2 aromatic rings. The zero-order valence-corrected chi connectivity index (χ0v) is 18.0. The summed E-state index contributed by atoms with van der Waals surface area (Å²) in [5.74, 6) is 0.0945. The summed E-state index contributed by atoms with van der Waals surface area (Å²) in [7, 11) is 0. The Bertz CT molecular complexity index is 806. The van der Waals surface area contributed by atoms with Gasteiger partial charge in [0.25, 0.3) is 0 Å². The molecule has 0 radical (unpaired) electrons. The van der Waals surface area contributed by atoms with Crippen molar-refractivity contribution in [1.82, 2.24) is 4.90 Å². The largest absolute Gasteiger partial charge is 0.416 e. The van der Waals surface area contributed by atoms with Crippen LogP contribution in [0.3, 0.4) is 0 Å². The number of alkyl halides is 3. The molecule has 170 valence electrons. The second-order valence-corrected chi connectivity index (χ2v) is 8.38. The normalized spacial score (nSPS) is 20.2. The Hall–Kier alpha value is -1.92. The minimum atomic E-state index is -4.39. The lowest BCUT2D eigenvalue weighted by molar-refractivity contribution is -0.139. The monoisotopic (exact) mass is 437 g/mol. The van der Waals surface area contributed by atoms with Gasteiger partial charge in [-0.2, -0.15) is 13.2 Å². The summed E-state index contributed by atoms with van der Waals surface area (Å²) in [6.45, 7) is 5.32. The summed E-state index contributed by atoms with van der Waals surface area (Å²) in [5.41, 5.74) is 0.581. The van der Waals surface area contributed by atoms with Crippen molar-refractivity contribution >= 4 is 0 Å². The van der Waals surface area contributed by atoms with Gasteiger partial charge in [-0.25, -0.2) is 4.39 Å². The Morgan fingerprint density at radius 1 is 1.03 bits per heavy atom. The smallest absolute Gasteiger partial charge is 0.376 e. The van der Waals surface area contributed by atoms with Gasteiger partial charge in [-0.3, -0.25) is 0 Å². The van der Waals surface area contributed by atoms with Crippen LogP contribution >= 0.6 is 0 Å². The molecule has 0 aromatic heterocycles. The van der Waals surface area contributed by atoms with Crippen molar-refractivity contribution < 1.29 is 22.3 Å². The van der Waals surface area contributed by atoms with Gasteiger partial charge in [0.05, 0.1) is 18.8 Å². The number of benzene rings is 2. The fourth-order valence-electron chi connectivity index (χ4n) is 4.46. The third-order valence-electron chi connectivity index (χ3n) is 6.11. The first-order valence-electron chi connectivity index (χ1n) is 11.1. The van der Waals surface area contributed by atoms with Gasteiger partial charge in [-0.15, -0.1) is 0 Å². The number of halogens is 4. The molecule has 0 bridgehead atoms. The number of likely N-dealkylation sites (tertiary alicyclic amines) is 1. The lowest BCUT2D eigenvalue weighted by Crippen LogP contribution is -2.41. The van der Waals surface area contributed by atoms with Crippen LogP contribution in [0.2, 0.25) is 0 Å². The summed E-state index contributed by atoms with van der Waals surface area (Å²) < 4.78 is 59.0. The summed E-state index contributed by atoms with van der Waals surface area (Å²) in [5, 5.41) is 0. The molecule has 3 rings (SSSR count). The first kappa shape index (κ1) is 23.7. The van der Waals surface area contributed by atoms with Crippen molar-refractivity contribution in [3.05, 3.63) is 71.0 Å². The first-order valence-corrected chi connectivity index (χ1v) is 11.1. The summed E-state index contributed by atoms with van der Waals surface area (Å²) in [6, 6.07) is 12.1. The van der Waals surface area contributed by atoms with E-state index in [1.54, 1.807) is 6.07 Å². The standard InChI is InChI=1S/C25H31F4NO/c1-2-3-6-14-30-15-13-23(19-9-11-22(26)12-10-19)21(16-30)18-31-17-20-7-4-5-8-24(20)25(27,28)29/h4-5,7-12,21,23H,2-3,6,13-18H2,1H3/t21-,23-/m1/s1. The van der Waals surface area contributed by atoms with E-state index >= 15 is 0 Å². The third kappa shape index (κ3) is 6.78. The van der Waals surface area contributed by atoms with Gasteiger partial charge in [-0.05, 0) is 61.2 Å². The molecule has 2 atom stereocenters. The van der Waals surface area contributed by atoms with E-state index in [1.165, 1.54) is 30.7 Å². The van der Waals surface area contributed by atoms with Gasteiger partial charge in [-0.1, -0.05) is 50.1 Å². The molecule has 0 N–H and O–H groups in total. The number of piperidine rings is 1. The number of hydrogen-bond acceptors (Lipinski definition) is 2. The van der Waals surface area contributed by atoms with E-state index in [2.05, 4.69) is 11.8 Å². The van der Waals surface area contributed by atoms with E-state index in [0.29, 0.717) is 6.61 Å². The Balaban J connectivity index is 1.67. The molecular weight excluding hydrogens is 406 g/mol. The molecule has 1 heterocycles. The summed E-state index contributed by atoms with van der Waals surface area (Å²) >= 11 is 0. The van der Waals surface area contributed by atoms with Crippen molar-refractivity contribution in [3.8, 4) is 0 Å². The molecule has 0 unspecified atom stereocenters. The molecular formula is C25H31F4NO. The maximum Gasteiger partial charge on any atom is 0.416 e. The predicted octanol–water partition coefficient (Wildman–Crippen LogP) is 6.66. The Labute approximate surface area is 182 Å². The van der Waals surface area contributed by atoms with Crippen molar-refractivity contribution in [1.29, 1.82) is 0 Å². The lowest BCUT2D eigenvalue weighted by Gasteiger charge is -2.39. The highest BCUT2D eigenvalue weighted by atomic mass is 19.4. The molecule has 1 fully saturated rings. The van der Waals surface area contributed by atoms with Gasteiger partial charge in [0.15, 0.2) is 0 Å². The summed E-state index contributed by atoms with van der Waals surface area (Å²) in [4.78, 5) is 2.42. The quantitative estimate of drug-likeness (QED) is 0.321. The molecule has 1 aliphatic rings. The SMILES string of the molecule is CCCCCN1CC[C@H](c2ccc(F)cc2)[C@@H](COCc2ccccc2C(F)(F)F)C1. The minimum absolute atomic E-state index is 0.0713. The topological polar surface area (TPSA) is 12.5 Å². The van der Waals surface area contributed by atoms with Crippen LogP contribution in [0.25, 0.3) is 0 Å². The number of hydrogen-bond donors (Lipinski definition) is 0. The second kappa shape index (κ2) is 11.1. The minimum Gasteiger partial charge on any atom is -0.376 e. The molecule has 1 aliphatic heterocycles. The average Bonchev–Trinajstić information content (AvgIpc) is 2.75. The van der Waals surface area contributed by atoms with E-state index in [-0.39, 0.29) is 29.8 Å². The van der Waals surface area contributed by atoms with Gasteiger partial charge >= 0.3 is 6.18 Å². The van der Waals surface area contributed by atoms with Gasteiger partial charge in [0.1, 0.15) is 5.82 Å². The van der Waals surface area contributed by atoms with Crippen LogP contribution in [-0.2, 0) is 17.5 Å². The van der Waals surface area contributed by atoms with E-state index in [9.17, 15) is 17.6 Å². The lowest BCUT2D eigenvalue weighted by atomic mass is 9.80. The maximum absolute atomic E-state index is 13.4. The van der Waals surface area contributed by atoms with E-state index in [1.807, 2.05) is 12.1 Å². The highest BCUT2D eigenvalue weighted by Gasteiger charge is 2.33. The zero-order valence-electron chi connectivity index (χ0n) is 18.0. The molecule has 0 amide bonds. The number of unbranched alkanes of at least 4 members (excludes halogenated alkanes) is 2. The number of ether oxygens (including phenoxy) is 1. The Kier molecular flexibility index (Phi) is 8.50. The van der Waals surface area contributed by atoms with Crippen molar-refractivity contribution in [2.24, 2.45) is 5.92 Å². The van der Waals surface area contributed by atoms with E-state index in [4.69, 9.17) is 4.74 Å². The van der Waals surface area contributed by atoms with Crippen LogP contribution in [-0.4, -0.2) is 31.1 Å². The van der Waals surface area contributed by atoms with Crippen LogP contribution in [0.1, 0.15) is 55.2 Å². The fraction of sp³-hybridized carbons (Fsp3) is 0.520.